The van der Waals surface area contributed by atoms with Crippen LogP contribution >= 0.6 is 15.9 Å². The SMILES string of the molecule is CCOC(=O)/C(F)=C\C(=O)c1ccc(Br)cc1. The number of benzene rings is 1. The number of ketones is 1. The van der Waals surface area contributed by atoms with Crippen molar-refractivity contribution < 1.29 is 18.7 Å². The highest BCUT2D eigenvalue weighted by Gasteiger charge is 2.12. The van der Waals surface area contributed by atoms with Crippen molar-refractivity contribution in [2.24, 2.45) is 0 Å². The molecule has 0 radical (unpaired) electrons. The summed E-state index contributed by atoms with van der Waals surface area (Å²) in [6.07, 6.45) is 0.626. The monoisotopic (exact) mass is 300 g/mol. The fraction of sp³-hybridized carbons (Fsp3) is 0.167. The van der Waals surface area contributed by atoms with Gasteiger partial charge in [-0.15, -0.1) is 0 Å². The van der Waals surface area contributed by atoms with Crippen molar-refractivity contribution in [3.63, 3.8) is 0 Å². The molecule has 0 aliphatic carbocycles. The van der Waals surface area contributed by atoms with Crippen LogP contribution in [0.2, 0.25) is 0 Å². The molecule has 0 N–H and O–H groups in total. The lowest BCUT2D eigenvalue weighted by Gasteiger charge is -1.99. The van der Waals surface area contributed by atoms with Crippen LogP contribution in [0.1, 0.15) is 17.3 Å². The predicted molar refractivity (Wildman–Crippen MR) is 64.3 cm³/mol. The molecule has 0 bridgehead atoms. The molecular weight excluding hydrogens is 291 g/mol. The van der Waals surface area contributed by atoms with Gasteiger partial charge in [-0.05, 0) is 31.2 Å². The van der Waals surface area contributed by atoms with Gasteiger partial charge in [-0.2, -0.15) is 4.39 Å². The molecule has 5 heteroatoms. The summed E-state index contributed by atoms with van der Waals surface area (Å²) in [6, 6.07) is 6.37. The molecule has 1 aromatic carbocycles. The number of carbonyl (C=O) groups is 2. The summed E-state index contributed by atoms with van der Waals surface area (Å²) < 4.78 is 18.4. The Morgan fingerprint density at radius 3 is 2.47 bits per heavy atom. The number of allylic oxidation sites excluding steroid dienone is 1. The minimum atomic E-state index is -1.19. The Bertz CT molecular complexity index is 451. The molecule has 3 nitrogen and oxygen atoms in total. The zero-order chi connectivity index (χ0) is 12.8. The largest absolute Gasteiger partial charge is 0.461 e. The van der Waals surface area contributed by atoms with Gasteiger partial charge in [0.05, 0.1) is 6.61 Å². The molecule has 90 valence electrons. The number of rotatable bonds is 4. The van der Waals surface area contributed by atoms with E-state index in [4.69, 9.17) is 0 Å². The maximum atomic E-state index is 13.2. The van der Waals surface area contributed by atoms with E-state index in [2.05, 4.69) is 20.7 Å². The highest BCUT2D eigenvalue weighted by atomic mass is 79.9. The highest BCUT2D eigenvalue weighted by Crippen LogP contribution is 2.12. The van der Waals surface area contributed by atoms with Gasteiger partial charge in [-0.25, -0.2) is 4.79 Å². The number of hydrogen-bond acceptors (Lipinski definition) is 3. The lowest BCUT2D eigenvalue weighted by molar-refractivity contribution is -0.140. The van der Waals surface area contributed by atoms with Crippen molar-refractivity contribution in [3.05, 3.63) is 46.2 Å². The topological polar surface area (TPSA) is 43.4 Å². The van der Waals surface area contributed by atoms with Crippen molar-refractivity contribution in [1.82, 2.24) is 0 Å². The number of halogens is 2. The van der Waals surface area contributed by atoms with Gasteiger partial charge in [0.15, 0.2) is 5.78 Å². The molecule has 0 aromatic heterocycles. The van der Waals surface area contributed by atoms with Crippen LogP contribution in [0.4, 0.5) is 4.39 Å². The molecule has 0 heterocycles. The number of ether oxygens (including phenoxy) is 1. The van der Waals surface area contributed by atoms with Crippen molar-refractivity contribution in [1.29, 1.82) is 0 Å². The molecule has 0 saturated carbocycles. The highest BCUT2D eigenvalue weighted by molar-refractivity contribution is 9.10. The molecule has 0 amide bonds. The molecule has 0 saturated heterocycles. The molecule has 1 rings (SSSR count). The lowest BCUT2D eigenvalue weighted by Crippen LogP contribution is -2.06. The summed E-state index contributed by atoms with van der Waals surface area (Å²) in [4.78, 5) is 22.5. The maximum absolute atomic E-state index is 13.2. The van der Waals surface area contributed by atoms with Crippen LogP contribution in [0, 0.1) is 0 Å². The molecule has 0 aliphatic rings. The smallest absolute Gasteiger partial charge is 0.367 e. The summed E-state index contributed by atoms with van der Waals surface area (Å²) in [7, 11) is 0. The van der Waals surface area contributed by atoms with Gasteiger partial charge in [0, 0.05) is 16.1 Å². The van der Waals surface area contributed by atoms with Gasteiger partial charge in [0.1, 0.15) is 0 Å². The van der Waals surface area contributed by atoms with Crippen molar-refractivity contribution in [2.45, 2.75) is 6.92 Å². The van der Waals surface area contributed by atoms with Crippen LogP contribution in [-0.2, 0) is 9.53 Å². The summed E-state index contributed by atoms with van der Waals surface area (Å²) in [5.41, 5.74) is 0.299. The fourth-order valence-electron chi connectivity index (χ4n) is 1.07. The molecule has 0 unspecified atom stereocenters. The fourth-order valence-corrected chi connectivity index (χ4v) is 1.34. The van der Waals surface area contributed by atoms with E-state index in [0.717, 1.165) is 4.47 Å². The average Bonchev–Trinajstić information content (AvgIpc) is 2.30. The zero-order valence-electron chi connectivity index (χ0n) is 9.07. The third kappa shape index (κ3) is 4.11. The van der Waals surface area contributed by atoms with Crippen LogP contribution in [-0.4, -0.2) is 18.4 Å². The second-order valence-corrected chi connectivity index (χ2v) is 4.00. The third-order valence-corrected chi connectivity index (χ3v) is 2.39. The van der Waals surface area contributed by atoms with Gasteiger partial charge >= 0.3 is 5.97 Å². The van der Waals surface area contributed by atoms with Gasteiger partial charge in [0.25, 0.3) is 0 Å². The first-order chi connectivity index (χ1) is 8.04. The van der Waals surface area contributed by atoms with Crippen molar-refractivity contribution >= 4 is 27.7 Å². The first-order valence-electron chi connectivity index (χ1n) is 4.88. The Balaban J connectivity index is 2.81. The van der Waals surface area contributed by atoms with E-state index in [0.29, 0.717) is 11.6 Å². The molecule has 17 heavy (non-hydrogen) atoms. The van der Waals surface area contributed by atoms with Crippen molar-refractivity contribution in [3.8, 4) is 0 Å². The minimum absolute atomic E-state index is 0.0621. The summed E-state index contributed by atoms with van der Waals surface area (Å²) in [5.74, 6) is -2.90. The lowest BCUT2D eigenvalue weighted by atomic mass is 10.1. The summed E-state index contributed by atoms with van der Waals surface area (Å²) in [5, 5.41) is 0. The normalized spacial score (nSPS) is 11.1. The number of hydrogen-bond donors (Lipinski definition) is 0. The van der Waals surface area contributed by atoms with Gasteiger partial charge < -0.3 is 4.74 Å². The molecule has 0 aliphatic heterocycles. The van der Waals surface area contributed by atoms with Crippen LogP contribution < -0.4 is 0 Å². The maximum Gasteiger partial charge on any atom is 0.367 e. The molecule has 1 aromatic rings. The van der Waals surface area contributed by atoms with Crippen LogP contribution in [0.3, 0.4) is 0 Å². The van der Waals surface area contributed by atoms with E-state index in [1.54, 1.807) is 19.1 Å². The Kier molecular flexibility index (Phi) is 5.03. The van der Waals surface area contributed by atoms with E-state index in [9.17, 15) is 14.0 Å². The Labute approximate surface area is 106 Å². The summed E-state index contributed by atoms with van der Waals surface area (Å²) >= 11 is 3.21. The van der Waals surface area contributed by atoms with Crippen molar-refractivity contribution in [2.75, 3.05) is 6.61 Å². The van der Waals surface area contributed by atoms with Gasteiger partial charge in [0.2, 0.25) is 5.83 Å². The Morgan fingerprint density at radius 2 is 1.94 bits per heavy atom. The van der Waals surface area contributed by atoms with E-state index in [1.165, 1.54) is 12.1 Å². The van der Waals surface area contributed by atoms with E-state index < -0.39 is 17.6 Å². The first-order valence-corrected chi connectivity index (χ1v) is 5.68. The van der Waals surface area contributed by atoms with Crippen LogP contribution in [0.15, 0.2) is 40.6 Å². The Morgan fingerprint density at radius 1 is 1.35 bits per heavy atom. The minimum Gasteiger partial charge on any atom is -0.461 e. The molecule has 0 atom stereocenters. The third-order valence-electron chi connectivity index (χ3n) is 1.86. The average molecular weight is 301 g/mol. The zero-order valence-corrected chi connectivity index (χ0v) is 10.7. The second-order valence-electron chi connectivity index (χ2n) is 3.08. The van der Waals surface area contributed by atoms with Gasteiger partial charge in [-0.1, -0.05) is 15.9 Å². The standard InChI is InChI=1S/C12H10BrFO3/c1-2-17-12(16)10(14)7-11(15)8-3-5-9(13)6-4-8/h3-7H,2H2,1H3/b10-7+. The second kappa shape index (κ2) is 6.30. The number of carbonyl (C=O) groups excluding carboxylic acids is 2. The predicted octanol–water partition coefficient (Wildman–Crippen LogP) is 3.05. The van der Waals surface area contributed by atoms with E-state index in [-0.39, 0.29) is 6.61 Å². The number of esters is 1. The quantitative estimate of drug-likeness (QED) is 0.488. The van der Waals surface area contributed by atoms with E-state index in [1.807, 2.05) is 0 Å². The first kappa shape index (κ1) is 13.6. The molecule has 0 spiro atoms. The van der Waals surface area contributed by atoms with E-state index >= 15 is 0 Å². The van der Waals surface area contributed by atoms with Crippen LogP contribution in [0.5, 0.6) is 0 Å². The van der Waals surface area contributed by atoms with Gasteiger partial charge in [-0.3, -0.25) is 4.79 Å². The van der Waals surface area contributed by atoms with Crippen LogP contribution in [0.25, 0.3) is 0 Å². The molecular formula is C12H10BrFO3. The Hall–Kier alpha value is -1.49. The molecule has 0 fully saturated rings. The summed E-state index contributed by atoms with van der Waals surface area (Å²) in [6.45, 7) is 1.62.